The number of aliphatic hydroxyl groups excluding tert-OH is 1. The summed E-state index contributed by atoms with van der Waals surface area (Å²) in [5, 5.41) is 12.3. The summed E-state index contributed by atoms with van der Waals surface area (Å²) in [6.45, 7) is 2.86. The third-order valence-electron chi connectivity index (χ3n) is 4.60. The van der Waals surface area contributed by atoms with Crippen molar-refractivity contribution in [1.82, 2.24) is 5.32 Å². The normalized spacial score (nSPS) is 31.7. The van der Waals surface area contributed by atoms with Crippen molar-refractivity contribution in [1.29, 1.82) is 0 Å². The van der Waals surface area contributed by atoms with Crippen molar-refractivity contribution in [2.24, 2.45) is 11.8 Å². The highest BCUT2D eigenvalue weighted by molar-refractivity contribution is 5.91. The number of hydrogen-bond acceptors (Lipinski definition) is 3. The molecule has 2 fully saturated rings. The first kappa shape index (κ1) is 14.4. The van der Waals surface area contributed by atoms with Crippen LogP contribution in [0.25, 0.3) is 6.08 Å². The van der Waals surface area contributed by atoms with Gasteiger partial charge in [0.15, 0.2) is 0 Å². The Labute approximate surface area is 125 Å². The molecule has 1 aromatic heterocycles. The summed E-state index contributed by atoms with van der Waals surface area (Å²) < 4.78 is 5.72. The quantitative estimate of drug-likeness (QED) is 0.819. The Morgan fingerprint density at radius 2 is 2.24 bits per heavy atom. The molecule has 2 aliphatic rings. The molecule has 2 N–H and O–H groups in total. The second kappa shape index (κ2) is 6.06. The van der Waals surface area contributed by atoms with Crippen LogP contribution in [0.2, 0.25) is 0 Å². The van der Waals surface area contributed by atoms with Crippen LogP contribution in [0.15, 0.2) is 22.6 Å². The van der Waals surface area contributed by atoms with Crippen molar-refractivity contribution in [3.05, 3.63) is 29.7 Å². The summed E-state index contributed by atoms with van der Waals surface area (Å²) in [5.41, 5.74) is 0. The van der Waals surface area contributed by atoms with Gasteiger partial charge in [-0.1, -0.05) is 6.92 Å². The lowest BCUT2D eigenvalue weighted by atomic mass is 10.1. The average Bonchev–Trinajstić information content (AvgIpc) is 2.89. The number of aliphatic hydroxyl groups is 1. The lowest BCUT2D eigenvalue weighted by molar-refractivity contribution is -0.116. The van der Waals surface area contributed by atoms with E-state index >= 15 is 0 Å². The van der Waals surface area contributed by atoms with Crippen LogP contribution in [0.3, 0.4) is 0 Å². The third kappa shape index (κ3) is 3.76. The minimum absolute atomic E-state index is 0.103. The fraction of sp³-hybridized carbons (Fsp3) is 0.588. The number of furan rings is 1. The Kier molecular flexibility index (Phi) is 4.15. The van der Waals surface area contributed by atoms with Gasteiger partial charge in [-0.2, -0.15) is 0 Å². The molecule has 4 atom stereocenters. The second-order valence-corrected chi connectivity index (χ2v) is 6.47. The van der Waals surface area contributed by atoms with Crippen LogP contribution in [-0.4, -0.2) is 23.7 Å². The number of carbonyl (C=O) groups is 1. The van der Waals surface area contributed by atoms with Gasteiger partial charge in [0, 0.05) is 18.5 Å². The highest BCUT2D eigenvalue weighted by Gasteiger charge is 2.36. The first-order chi connectivity index (χ1) is 10.1. The molecule has 2 saturated carbocycles. The lowest BCUT2D eigenvalue weighted by Gasteiger charge is -2.08. The van der Waals surface area contributed by atoms with Gasteiger partial charge in [-0.25, -0.2) is 0 Å². The van der Waals surface area contributed by atoms with Crippen molar-refractivity contribution in [3.63, 3.8) is 0 Å². The molecule has 0 radical (unpaired) electrons. The maximum atomic E-state index is 11.8. The monoisotopic (exact) mass is 289 g/mol. The van der Waals surface area contributed by atoms with E-state index in [1.54, 1.807) is 6.08 Å². The Bertz CT molecular complexity index is 534. The highest BCUT2D eigenvalue weighted by atomic mass is 16.3. The molecule has 4 unspecified atom stereocenters. The molecule has 3 rings (SSSR count). The van der Waals surface area contributed by atoms with Gasteiger partial charge in [0.1, 0.15) is 11.5 Å². The van der Waals surface area contributed by atoms with Crippen LogP contribution in [0.4, 0.5) is 0 Å². The molecule has 0 bridgehead atoms. The summed E-state index contributed by atoms with van der Waals surface area (Å²) in [7, 11) is 0. The molecular formula is C17H23NO3. The highest BCUT2D eigenvalue weighted by Crippen LogP contribution is 2.47. The zero-order valence-corrected chi connectivity index (χ0v) is 12.4. The number of carbonyl (C=O) groups excluding carboxylic acids is 1. The van der Waals surface area contributed by atoms with Gasteiger partial charge < -0.3 is 14.8 Å². The fourth-order valence-corrected chi connectivity index (χ4v) is 3.07. The van der Waals surface area contributed by atoms with Crippen molar-refractivity contribution < 1.29 is 14.3 Å². The first-order valence-corrected chi connectivity index (χ1v) is 7.85. The average molecular weight is 289 g/mol. The minimum atomic E-state index is -0.186. The maximum Gasteiger partial charge on any atom is 0.244 e. The SMILES string of the molecule is CC1CC1c1ccc(/C=C/C(=O)NCC2CCC(O)C2)o1. The van der Waals surface area contributed by atoms with Gasteiger partial charge in [0.2, 0.25) is 5.91 Å². The summed E-state index contributed by atoms with van der Waals surface area (Å²) in [5.74, 6) is 3.35. The number of rotatable bonds is 5. The van der Waals surface area contributed by atoms with E-state index in [4.69, 9.17) is 4.42 Å². The van der Waals surface area contributed by atoms with Gasteiger partial charge in [0.25, 0.3) is 0 Å². The predicted octanol–water partition coefficient (Wildman–Crippen LogP) is 2.69. The van der Waals surface area contributed by atoms with Crippen molar-refractivity contribution in [2.45, 2.75) is 44.6 Å². The molecule has 1 heterocycles. The van der Waals surface area contributed by atoms with Gasteiger partial charge in [-0.3, -0.25) is 4.79 Å². The number of amides is 1. The second-order valence-electron chi connectivity index (χ2n) is 6.47. The summed E-state index contributed by atoms with van der Waals surface area (Å²) in [6.07, 6.45) is 6.89. The van der Waals surface area contributed by atoms with Crippen LogP contribution in [-0.2, 0) is 4.79 Å². The third-order valence-corrected chi connectivity index (χ3v) is 4.60. The predicted molar refractivity (Wildman–Crippen MR) is 80.6 cm³/mol. The summed E-state index contributed by atoms with van der Waals surface area (Å²) >= 11 is 0. The molecule has 0 aromatic carbocycles. The van der Waals surface area contributed by atoms with Gasteiger partial charge in [-0.15, -0.1) is 0 Å². The summed E-state index contributed by atoms with van der Waals surface area (Å²) in [6, 6.07) is 3.92. The van der Waals surface area contributed by atoms with Crippen LogP contribution in [0, 0.1) is 11.8 Å². The molecule has 4 heteroatoms. The largest absolute Gasteiger partial charge is 0.461 e. The van der Waals surface area contributed by atoms with E-state index in [2.05, 4.69) is 12.2 Å². The van der Waals surface area contributed by atoms with E-state index in [1.807, 2.05) is 12.1 Å². The van der Waals surface area contributed by atoms with Crippen molar-refractivity contribution >= 4 is 12.0 Å². The Balaban J connectivity index is 1.44. The van der Waals surface area contributed by atoms with E-state index < -0.39 is 0 Å². The first-order valence-electron chi connectivity index (χ1n) is 7.85. The van der Waals surface area contributed by atoms with Crippen LogP contribution in [0.5, 0.6) is 0 Å². The minimum Gasteiger partial charge on any atom is -0.461 e. The van der Waals surface area contributed by atoms with E-state index in [-0.39, 0.29) is 12.0 Å². The van der Waals surface area contributed by atoms with E-state index in [0.717, 1.165) is 36.7 Å². The van der Waals surface area contributed by atoms with Crippen molar-refractivity contribution in [3.8, 4) is 0 Å². The molecule has 114 valence electrons. The molecule has 4 nitrogen and oxygen atoms in total. The molecule has 0 saturated heterocycles. The smallest absolute Gasteiger partial charge is 0.244 e. The van der Waals surface area contributed by atoms with Crippen LogP contribution >= 0.6 is 0 Å². The molecule has 1 amide bonds. The molecular weight excluding hydrogens is 266 g/mol. The van der Waals surface area contributed by atoms with Gasteiger partial charge in [0.05, 0.1) is 6.10 Å². The summed E-state index contributed by atoms with van der Waals surface area (Å²) in [4.78, 5) is 11.8. The number of hydrogen-bond donors (Lipinski definition) is 2. The van der Waals surface area contributed by atoms with Crippen LogP contribution in [0.1, 0.15) is 50.0 Å². The van der Waals surface area contributed by atoms with E-state index in [9.17, 15) is 9.90 Å². The van der Waals surface area contributed by atoms with Gasteiger partial charge in [-0.05, 0) is 55.7 Å². The van der Waals surface area contributed by atoms with Gasteiger partial charge >= 0.3 is 0 Å². The molecule has 0 spiro atoms. The van der Waals surface area contributed by atoms with E-state index in [0.29, 0.717) is 18.4 Å². The maximum absolute atomic E-state index is 11.8. The van der Waals surface area contributed by atoms with E-state index in [1.165, 1.54) is 12.5 Å². The Morgan fingerprint density at radius 1 is 1.43 bits per heavy atom. The molecule has 21 heavy (non-hydrogen) atoms. The lowest BCUT2D eigenvalue weighted by Crippen LogP contribution is -2.26. The van der Waals surface area contributed by atoms with Crippen LogP contribution < -0.4 is 5.32 Å². The zero-order valence-electron chi connectivity index (χ0n) is 12.4. The fourth-order valence-electron chi connectivity index (χ4n) is 3.07. The topological polar surface area (TPSA) is 62.5 Å². The Morgan fingerprint density at radius 3 is 2.90 bits per heavy atom. The molecule has 2 aliphatic carbocycles. The standard InChI is InChI=1S/C17H23NO3/c1-11-8-15(11)16-6-4-14(21-16)5-7-17(20)18-10-12-2-3-13(19)9-12/h4-7,11-13,15,19H,2-3,8-10H2,1H3,(H,18,20)/b7-5+. The Hall–Kier alpha value is -1.55. The number of nitrogens with one attached hydrogen (secondary N) is 1. The zero-order chi connectivity index (χ0) is 14.8. The molecule has 0 aliphatic heterocycles. The molecule has 1 aromatic rings. The van der Waals surface area contributed by atoms with Crippen molar-refractivity contribution in [2.75, 3.05) is 6.54 Å².